The Morgan fingerprint density at radius 1 is 1.26 bits per heavy atom. The lowest BCUT2D eigenvalue weighted by molar-refractivity contribution is -0.140. The molecule has 2 bridgehead atoms. The van der Waals surface area contributed by atoms with Gasteiger partial charge < -0.3 is 14.6 Å². The summed E-state index contributed by atoms with van der Waals surface area (Å²) in [6.07, 6.45) is 12.9. The average Bonchev–Trinajstić information content (AvgIpc) is 3.37. The smallest absolute Gasteiger partial charge is 0.305 e. The van der Waals surface area contributed by atoms with E-state index < -0.39 is 6.10 Å². The summed E-state index contributed by atoms with van der Waals surface area (Å²) in [5, 5.41) is 10.7. The monoisotopic (exact) mass is 472 g/mol. The van der Waals surface area contributed by atoms with Crippen LogP contribution in [0.2, 0.25) is 0 Å². The summed E-state index contributed by atoms with van der Waals surface area (Å²) in [5.41, 5.74) is 0.975. The molecule has 0 aromatic heterocycles. The van der Waals surface area contributed by atoms with Gasteiger partial charge in [-0.05, 0) is 67.6 Å². The number of benzene rings is 1. The Labute approximate surface area is 204 Å². The number of allylic oxidation sites excluding steroid dienone is 2. The lowest BCUT2D eigenvalue weighted by Gasteiger charge is -2.38. The zero-order valence-electron chi connectivity index (χ0n) is 21.1. The van der Waals surface area contributed by atoms with Crippen LogP contribution in [0.15, 0.2) is 48.6 Å². The highest BCUT2D eigenvalue weighted by atomic mass is 19.1. The van der Waals surface area contributed by atoms with Gasteiger partial charge in [-0.25, -0.2) is 4.39 Å². The molecule has 1 aliphatic carbocycles. The molecule has 1 saturated heterocycles. The minimum absolute atomic E-state index is 0.103. The molecule has 6 atom stereocenters. The number of methoxy groups -OCH3 is 1. The maximum atomic E-state index is 13.7. The van der Waals surface area contributed by atoms with Crippen molar-refractivity contribution in [2.24, 2.45) is 23.7 Å². The number of rotatable bonds is 12. The van der Waals surface area contributed by atoms with E-state index in [4.69, 9.17) is 9.47 Å². The second-order valence-corrected chi connectivity index (χ2v) is 10.6. The molecule has 2 fully saturated rings. The third-order valence-electron chi connectivity index (χ3n) is 7.64. The van der Waals surface area contributed by atoms with Gasteiger partial charge in [-0.3, -0.25) is 4.79 Å². The van der Waals surface area contributed by atoms with Gasteiger partial charge in [0.05, 0.1) is 25.9 Å². The molecule has 1 saturated carbocycles. The largest absolute Gasteiger partial charge is 0.469 e. The minimum Gasteiger partial charge on any atom is -0.469 e. The van der Waals surface area contributed by atoms with Gasteiger partial charge in [-0.2, -0.15) is 0 Å². The van der Waals surface area contributed by atoms with Crippen molar-refractivity contribution in [1.82, 2.24) is 0 Å². The molecular weight excluding hydrogens is 431 g/mol. The van der Waals surface area contributed by atoms with Crippen molar-refractivity contribution < 1.29 is 23.8 Å². The number of carbonyl (C=O) groups is 1. The van der Waals surface area contributed by atoms with Crippen molar-refractivity contribution in [1.29, 1.82) is 0 Å². The van der Waals surface area contributed by atoms with Crippen LogP contribution in [0.4, 0.5) is 4.39 Å². The Hall–Kier alpha value is -1.98. The number of carbonyl (C=O) groups excluding carboxylic acids is 1. The zero-order chi connectivity index (χ0) is 24.7. The van der Waals surface area contributed by atoms with Gasteiger partial charge in [-0.15, -0.1) is 0 Å². The summed E-state index contributed by atoms with van der Waals surface area (Å²) in [6.45, 7) is 7.09. The first kappa shape index (κ1) is 26.6. The fourth-order valence-corrected chi connectivity index (χ4v) is 5.85. The fourth-order valence-electron chi connectivity index (χ4n) is 5.85. The van der Waals surface area contributed by atoms with Crippen LogP contribution < -0.4 is 0 Å². The normalized spacial score (nSPS) is 28.3. The number of unbranched alkanes of at least 4 members (excludes halogenated alkanes) is 1. The molecule has 1 heterocycles. The fraction of sp³-hybridized carbons (Fsp3) is 0.621. The van der Waals surface area contributed by atoms with Gasteiger partial charge in [0.25, 0.3) is 0 Å². The van der Waals surface area contributed by atoms with Gasteiger partial charge in [0.1, 0.15) is 5.82 Å². The van der Waals surface area contributed by atoms with Crippen molar-refractivity contribution in [3.63, 3.8) is 0 Å². The molecular formula is C29H41FO4. The molecule has 0 spiro atoms. The molecule has 1 aliphatic heterocycles. The first-order valence-corrected chi connectivity index (χ1v) is 12.7. The second-order valence-electron chi connectivity index (χ2n) is 10.6. The van der Waals surface area contributed by atoms with Crippen LogP contribution in [0.25, 0.3) is 0 Å². The Bertz CT molecular complexity index is 846. The van der Waals surface area contributed by atoms with E-state index in [1.807, 2.05) is 18.2 Å². The Morgan fingerprint density at radius 3 is 2.68 bits per heavy atom. The number of ether oxygens (including phenoxy) is 2. The van der Waals surface area contributed by atoms with Crippen LogP contribution in [0, 0.1) is 29.5 Å². The minimum atomic E-state index is -0.474. The van der Waals surface area contributed by atoms with Gasteiger partial charge in [0, 0.05) is 17.8 Å². The van der Waals surface area contributed by atoms with E-state index in [0.29, 0.717) is 24.9 Å². The van der Waals surface area contributed by atoms with E-state index in [1.54, 1.807) is 0 Å². The van der Waals surface area contributed by atoms with Gasteiger partial charge in [-0.1, -0.05) is 57.2 Å². The average molecular weight is 473 g/mol. The highest BCUT2D eigenvalue weighted by molar-refractivity contribution is 5.69. The van der Waals surface area contributed by atoms with Crippen LogP contribution in [0.3, 0.4) is 0 Å². The van der Waals surface area contributed by atoms with E-state index in [9.17, 15) is 14.3 Å². The summed E-state index contributed by atoms with van der Waals surface area (Å²) in [6, 6.07) is 6.88. The van der Waals surface area contributed by atoms with Gasteiger partial charge >= 0.3 is 5.97 Å². The molecule has 1 unspecified atom stereocenters. The molecule has 1 N–H and O–H groups in total. The third-order valence-corrected chi connectivity index (χ3v) is 7.64. The predicted octanol–water partition coefficient (Wildman–Crippen LogP) is 5.99. The number of fused-ring (bicyclic) bond motifs is 2. The second kappa shape index (κ2) is 12.1. The molecule has 188 valence electrons. The van der Waals surface area contributed by atoms with E-state index in [2.05, 4.69) is 39.0 Å². The molecule has 34 heavy (non-hydrogen) atoms. The standard InChI is InChI=1S/C29H41FO4/c1-20(2)17-21(3)26(31)16-15-24-25(9-7-5-6-8-10-28(32)33-4)29(18-27(24)34-19-29)22-11-13-23(30)14-12-22/h5,7,11-16,20-21,24-27,31H,6,8-10,17-19H2,1-4H3/b7-5-,16-15+/t21?,24-,25-,26-,27-,29-/m0/s1. The van der Waals surface area contributed by atoms with Crippen molar-refractivity contribution in [3.05, 3.63) is 60.0 Å². The van der Waals surface area contributed by atoms with E-state index in [1.165, 1.54) is 19.2 Å². The first-order chi connectivity index (χ1) is 16.3. The van der Waals surface area contributed by atoms with E-state index in [0.717, 1.165) is 37.7 Å². The molecule has 3 rings (SSSR count). The number of aliphatic hydroxyl groups excluding tert-OH is 1. The predicted molar refractivity (Wildman–Crippen MR) is 133 cm³/mol. The third kappa shape index (κ3) is 6.37. The van der Waals surface area contributed by atoms with Crippen molar-refractivity contribution in [2.75, 3.05) is 13.7 Å². The number of hydrogen-bond donors (Lipinski definition) is 1. The van der Waals surface area contributed by atoms with Gasteiger partial charge in [0.2, 0.25) is 0 Å². The first-order valence-electron chi connectivity index (χ1n) is 12.7. The summed E-state index contributed by atoms with van der Waals surface area (Å²) < 4.78 is 24.6. The van der Waals surface area contributed by atoms with Crippen molar-refractivity contribution in [2.45, 2.75) is 76.9 Å². The number of esters is 1. The van der Waals surface area contributed by atoms with Crippen molar-refractivity contribution >= 4 is 5.97 Å². The topological polar surface area (TPSA) is 55.8 Å². The van der Waals surface area contributed by atoms with Crippen LogP contribution >= 0.6 is 0 Å². The van der Waals surface area contributed by atoms with Crippen LogP contribution in [0.5, 0.6) is 0 Å². The molecule has 2 aliphatic rings. The number of halogens is 1. The molecule has 0 amide bonds. The lowest BCUT2D eigenvalue weighted by Crippen LogP contribution is -2.39. The summed E-state index contributed by atoms with van der Waals surface area (Å²) in [5.74, 6) is 0.841. The molecule has 0 radical (unpaired) electrons. The number of aliphatic hydroxyl groups is 1. The van der Waals surface area contributed by atoms with Crippen LogP contribution in [0.1, 0.15) is 64.9 Å². The summed E-state index contributed by atoms with van der Waals surface area (Å²) in [7, 11) is 1.42. The Balaban J connectivity index is 1.75. The van der Waals surface area contributed by atoms with Crippen LogP contribution in [-0.4, -0.2) is 37.0 Å². The summed E-state index contributed by atoms with van der Waals surface area (Å²) in [4.78, 5) is 11.3. The lowest BCUT2D eigenvalue weighted by atomic mass is 9.69. The van der Waals surface area contributed by atoms with Crippen LogP contribution in [-0.2, 0) is 19.7 Å². The highest BCUT2D eigenvalue weighted by Crippen LogP contribution is 2.57. The zero-order valence-corrected chi connectivity index (χ0v) is 21.1. The van der Waals surface area contributed by atoms with Gasteiger partial charge in [0.15, 0.2) is 0 Å². The molecule has 1 aromatic rings. The van der Waals surface area contributed by atoms with E-state index in [-0.39, 0.29) is 35.1 Å². The molecule has 4 nitrogen and oxygen atoms in total. The molecule has 5 heteroatoms. The molecule has 1 aromatic carbocycles. The maximum Gasteiger partial charge on any atom is 0.305 e. The summed E-state index contributed by atoms with van der Waals surface area (Å²) >= 11 is 0. The Kier molecular flexibility index (Phi) is 9.49. The SMILES string of the molecule is COC(=O)CCC/C=C\C[C@H]1[C@H](/C=C/[C@H](O)C(C)CC(C)C)[C@@H]2C[C@@]1(c1ccc(F)cc1)CO2. The number of hydrogen-bond acceptors (Lipinski definition) is 4. The van der Waals surface area contributed by atoms with E-state index >= 15 is 0 Å². The highest BCUT2D eigenvalue weighted by Gasteiger charge is 2.58. The maximum absolute atomic E-state index is 13.7. The Morgan fingerprint density at radius 2 is 2.00 bits per heavy atom. The quantitative estimate of drug-likeness (QED) is 0.231. The van der Waals surface area contributed by atoms with Crippen molar-refractivity contribution in [3.8, 4) is 0 Å².